The van der Waals surface area contributed by atoms with E-state index in [0.29, 0.717) is 24.3 Å². The van der Waals surface area contributed by atoms with Crippen LogP contribution in [0.2, 0.25) is 0 Å². The Morgan fingerprint density at radius 3 is 2.37 bits per heavy atom. The maximum atomic E-state index is 12.7. The highest BCUT2D eigenvalue weighted by molar-refractivity contribution is 6.04. The molecule has 216 valence electrons. The number of nitrogens with one attached hydrogen (secondary N) is 1. The molecule has 3 aromatic rings. The number of ether oxygens (including phenoxy) is 1. The van der Waals surface area contributed by atoms with Crippen LogP contribution in [0.3, 0.4) is 0 Å². The Labute approximate surface area is 242 Å². The Balaban J connectivity index is 1.02. The van der Waals surface area contributed by atoms with Gasteiger partial charge in [0.05, 0.1) is 11.9 Å². The van der Waals surface area contributed by atoms with Gasteiger partial charge in [0, 0.05) is 55.7 Å². The molecule has 4 heterocycles. The standard InChI is InChI=1S/C32H40N6O3/c1-25-7-5-8-28(34-25)9-6-18-36-19-21-38(22-20-36)32(40)41-30-15-14-29(23-33-30)35-31(39)27-12-10-26(11-13-27)24-37-16-3-2-4-17-37/h5,7-8,10-15,23H,2-4,6,9,16-22,24H2,1H3,(H,35,39). The van der Waals surface area contributed by atoms with Gasteiger partial charge in [-0.3, -0.25) is 19.6 Å². The summed E-state index contributed by atoms with van der Waals surface area (Å²) in [7, 11) is 0. The summed E-state index contributed by atoms with van der Waals surface area (Å²) in [6.07, 6.45) is 6.94. The third kappa shape index (κ3) is 8.58. The minimum atomic E-state index is -0.400. The number of carbonyl (C=O) groups is 2. The quantitative estimate of drug-likeness (QED) is 0.406. The number of aromatic nitrogens is 2. The molecule has 2 aromatic heterocycles. The van der Waals surface area contributed by atoms with Crippen molar-refractivity contribution in [3.05, 3.63) is 83.3 Å². The molecule has 2 amide bonds. The molecule has 9 heteroatoms. The first kappa shape index (κ1) is 28.7. The number of pyridine rings is 2. The smallest absolute Gasteiger partial charge is 0.391 e. The first-order valence-corrected chi connectivity index (χ1v) is 14.7. The van der Waals surface area contributed by atoms with Crippen LogP contribution in [0.25, 0.3) is 0 Å². The molecular weight excluding hydrogens is 516 g/mol. The van der Waals surface area contributed by atoms with E-state index in [1.54, 1.807) is 17.0 Å². The highest BCUT2D eigenvalue weighted by Crippen LogP contribution is 2.17. The van der Waals surface area contributed by atoms with Crippen molar-refractivity contribution in [1.29, 1.82) is 0 Å². The van der Waals surface area contributed by atoms with Crippen LogP contribution >= 0.6 is 0 Å². The molecule has 41 heavy (non-hydrogen) atoms. The fourth-order valence-corrected chi connectivity index (χ4v) is 5.39. The van der Waals surface area contributed by atoms with Gasteiger partial charge in [-0.25, -0.2) is 9.78 Å². The van der Waals surface area contributed by atoms with Crippen LogP contribution < -0.4 is 10.1 Å². The topological polar surface area (TPSA) is 90.9 Å². The number of amides is 2. The molecule has 0 saturated carbocycles. The molecule has 2 aliphatic heterocycles. The van der Waals surface area contributed by atoms with Gasteiger partial charge in [0.15, 0.2) is 0 Å². The van der Waals surface area contributed by atoms with Crippen LogP contribution in [0.15, 0.2) is 60.8 Å². The molecule has 1 N–H and O–H groups in total. The number of rotatable bonds is 9. The summed E-state index contributed by atoms with van der Waals surface area (Å²) >= 11 is 0. The van der Waals surface area contributed by atoms with E-state index < -0.39 is 6.09 Å². The second-order valence-corrected chi connectivity index (χ2v) is 10.9. The predicted molar refractivity (Wildman–Crippen MR) is 159 cm³/mol. The van der Waals surface area contributed by atoms with Gasteiger partial charge in [-0.2, -0.15) is 0 Å². The molecular formula is C32H40N6O3. The number of hydrogen-bond acceptors (Lipinski definition) is 7. The largest absolute Gasteiger partial charge is 0.416 e. The van der Waals surface area contributed by atoms with Gasteiger partial charge in [0.25, 0.3) is 5.91 Å². The first-order chi connectivity index (χ1) is 20.0. The molecule has 2 saturated heterocycles. The van der Waals surface area contributed by atoms with E-state index in [9.17, 15) is 9.59 Å². The van der Waals surface area contributed by atoms with Crippen molar-refractivity contribution in [2.45, 2.75) is 45.6 Å². The second-order valence-electron chi connectivity index (χ2n) is 10.9. The van der Waals surface area contributed by atoms with E-state index in [-0.39, 0.29) is 11.8 Å². The van der Waals surface area contributed by atoms with Crippen molar-refractivity contribution in [2.24, 2.45) is 0 Å². The summed E-state index contributed by atoms with van der Waals surface area (Å²) < 4.78 is 5.49. The molecule has 2 aliphatic rings. The Morgan fingerprint density at radius 1 is 0.878 bits per heavy atom. The van der Waals surface area contributed by atoms with Crippen LogP contribution in [0, 0.1) is 6.92 Å². The van der Waals surface area contributed by atoms with E-state index in [1.165, 1.54) is 31.0 Å². The Hall–Kier alpha value is -3.82. The molecule has 0 spiro atoms. The number of anilines is 1. The van der Waals surface area contributed by atoms with E-state index in [0.717, 1.165) is 63.5 Å². The van der Waals surface area contributed by atoms with Gasteiger partial charge < -0.3 is 15.0 Å². The van der Waals surface area contributed by atoms with Crippen molar-refractivity contribution in [1.82, 2.24) is 24.7 Å². The second kappa shape index (κ2) is 14.2. The number of likely N-dealkylation sites (tertiary alicyclic amines) is 1. The number of piperazine rings is 1. The summed E-state index contributed by atoms with van der Waals surface area (Å²) in [5, 5.41) is 2.87. The molecule has 0 unspecified atom stereocenters. The minimum Gasteiger partial charge on any atom is -0.391 e. The van der Waals surface area contributed by atoms with Gasteiger partial charge in [0.1, 0.15) is 0 Å². The highest BCUT2D eigenvalue weighted by Gasteiger charge is 2.23. The summed E-state index contributed by atoms with van der Waals surface area (Å²) in [6, 6.07) is 17.2. The number of aryl methyl sites for hydroxylation is 2. The van der Waals surface area contributed by atoms with Crippen LogP contribution in [0.5, 0.6) is 5.88 Å². The molecule has 0 bridgehead atoms. The summed E-state index contributed by atoms with van der Waals surface area (Å²) in [5.41, 5.74) is 4.53. The van der Waals surface area contributed by atoms with E-state index in [1.807, 2.05) is 37.3 Å². The van der Waals surface area contributed by atoms with Crippen LogP contribution in [0.1, 0.15) is 53.0 Å². The minimum absolute atomic E-state index is 0.200. The third-order valence-corrected chi connectivity index (χ3v) is 7.74. The summed E-state index contributed by atoms with van der Waals surface area (Å²) in [6.45, 7) is 9.07. The Kier molecular flexibility index (Phi) is 9.93. The fraction of sp³-hybridized carbons (Fsp3) is 0.438. The number of carbonyl (C=O) groups excluding carboxylic acids is 2. The Morgan fingerprint density at radius 2 is 1.66 bits per heavy atom. The van der Waals surface area contributed by atoms with Crippen molar-refractivity contribution < 1.29 is 14.3 Å². The van der Waals surface area contributed by atoms with Crippen LogP contribution in [-0.4, -0.2) is 82.5 Å². The molecule has 9 nitrogen and oxygen atoms in total. The van der Waals surface area contributed by atoms with Crippen molar-refractivity contribution >= 4 is 17.7 Å². The van der Waals surface area contributed by atoms with Crippen molar-refractivity contribution in [2.75, 3.05) is 51.1 Å². The molecule has 1 aromatic carbocycles. The normalized spacial score (nSPS) is 16.4. The summed E-state index contributed by atoms with van der Waals surface area (Å²) in [5.74, 6) is 0.0113. The average Bonchev–Trinajstić information content (AvgIpc) is 2.99. The zero-order chi connectivity index (χ0) is 28.4. The maximum absolute atomic E-state index is 12.7. The molecule has 2 fully saturated rings. The van der Waals surface area contributed by atoms with Gasteiger partial charge in [0.2, 0.25) is 5.88 Å². The lowest BCUT2D eigenvalue weighted by Gasteiger charge is -2.33. The fourth-order valence-electron chi connectivity index (χ4n) is 5.39. The first-order valence-electron chi connectivity index (χ1n) is 14.7. The number of nitrogens with zero attached hydrogens (tertiary/aromatic N) is 5. The summed E-state index contributed by atoms with van der Waals surface area (Å²) in [4.78, 5) is 40.7. The van der Waals surface area contributed by atoms with Crippen molar-refractivity contribution in [3.8, 4) is 5.88 Å². The number of piperidine rings is 1. The lowest BCUT2D eigenvalue weighted by Crippen LogP contribution is -2.49. The van der Waals surface area contributed by atoms with E-state index in [4.69, 9.17) is 4.74 Å². The molecule has 0 atom stereocenters. The van der Waals surface area contributed by atoms with E-state index in [2.05, 4.69) is 37.2 Å². The maximum Gasteiger partial charge on any atom is 0.416 e. The van der Waals surface area contributed by atoms with Crippen LogP contribution in [-0.2, 0) is 13.0 Å². The van der Waals surface area contributed by atoms with Gasteiger partial charge in [-0.05, 0) is 88.1 Å². The van der Waals surface area contributed by atoms with Crippen molar-refractivity contribution in [3.63, 3.8) is 0 Å². The van der Waals surface area contributed by atoms with Gasteiger partial charge in [-0.15, -0.1) is 0 Å². The lowest BCUT2D eigenvalue weighted by molar-refractivity contribution is 0.102. The predicted octanol–water partition coefficient (Wildman–Crippen LogP) is 4.77. The number of benzene rings is 1. The molecule has 0 radical (unpaired) electrons. The van der Waals surface area contributed by atoms with Crippen LogP contribution in [0.4, 0.5) is 10.5 Å². The zero-order valence-electron chi connectivity index (χ0n) is 23.9. The Bertz CT molecular complexity index is 1280. The van der Waals surface area contributed by atoms with E-state index >= 15 is 0 Å². The average molecular weight is 557 g/mol. The van der Waals surface area contributed by atoms with Gasteiger partial charge in [-0.1, -0.05) is 24.6 Å². The molecule has 5 rings (SSSR count). The monoisotopic (exact) mass is 556 g/mol. The van der Waals surface area contributed by atoms with Gasteiger partial charge >= 0.3 is 6.09 Å². The molecule has 0 aliphatic carbocycles. The SMILES string of the molecule is Cc1cccc(CCCN2CCN(C(=O)Oc3ccc(NC(=O)c4ccc(CN5CCCCC5)cc4)cn3)CC2)n1. The lowest BCUT2D eigenvalue weighted by atomic mass is 10.1. The highest BCUT2D eigenvalue weighted by atomic mass is 16.6. The number of hydrogen-bond donors (Lipinski definition) is 1. The zero-order valence-corrected chi connectivity index (χ0v) is 23.9. The third-order valence-electron chi connectivity index (χ3n) is 7.74.